The van der Waals surface area contributed by atoms with Gasteiger partial charge in [0.25, 0.3) is 0 Å². The van der Waals surface area contributed by atoms with E-state index in [0.717, 1.165) is 18.0 Å². The highest BCUT2D eigenvalue weighted by molar-refractivity contribution is 8.03. The highest BCUT2D eigenvalue weighted by Crippen LogP contribution is 2.43. The molecule has 0 amide bonds. The third-order valence-corrected chi connectivity index (χ3v) is 5.02. The lowest BCUT2D eigenvalue weighted by Gasteiger charge is -2.25. The molecule has 4 heteroatoms. The SMILES string of the molecule is CCN(CC)c1ccc2c(c1)SC1=CC(N=O)C=CC1=C2. The van der Waals surface area contributed by atoms with Gasteiger partial charge in [-0.05, 0) is 49.3 Å². The van der Waals surface area contributed by atoms with Crippen LogP contribution in [0.15, 0.2) is 57.0 Å². The molecule has 0 saturated heterocycles. The molecule has 0 spiro atoms. The molecule has 2 aliphatic rings. The van der Waals surface area contributed by atoms with Gasteiger partial charge in [0.2, 0.25) is 0 Å². The predicted molar refractivity (Wildman–Crippen MR) is 90.6 cm³/mol. The summed E-state index contributed by atoms with van der Waals surface area (Å²) in [6, 6.07) is 6.26. The Balaban J connectivity index is 1.97. The van der Waals surface area contributed by atoms with Crippen LogP contribution in [-0.4, -0.2) is 19.1 Å². The Morgan fingerprint density at radius 3 is 2.81 bits per heavy atom. The summed E-state index contributed by atoms with van der Waals surface area (Å²) in [7, 11) is 0. The van der Waals surface area contributed by atoms with Crippen molar-refractivity contribution in [2.24, 2.45) is 5.18 Å². The molecule has 0 radical (unpaired) electrons. The predicted octanol–water partition coefficient (Wildman–Crippen LogP) is 4.61. The first-order valence-corrected chi connectivity index (χ1v) is 8.08. The minimum Gasteiger partial charge on any atom is -0.372 e. The van der Waals surface area contributed by atoms with Gasteiger partial charge in [-0.2, -0.15) is 0 Å². The van der Waals surface area contributed by atoms with E-state index in [9.17, 15) is 4.91 Å². The van der Waals surface area contributed by atoms with Gasteiger partial charge in [-0.1, -0.05) is 35.2 Å². The summed E-state index contributed by atoms with van der Waals surface area (Å²) in [6.07, 6.45) is 7.96. The molecule has 1 aliphatic heterocycles. The van der Waals surface area contributed by atoms with Gasteiger partial charge in [0.1, 0.15) is 6.04 Å². The van der Waals surface area contributed by atoms with Crippen molar-refractivity contribution in [1.82, 2.24) is 0 Å². The third kappa shape index (κ3) is 2.68. The van der Waals surface area contributed by atoms with Crippen LogP contribution in [0.2, 0.25) is 0 Å². The first-order chi connectivity index (χ1) is 10.2. The van der Waals surface area contributed by atoms with Crippen LogP contribution in [0.1, 0.15) is 19.4 Å². The lowest BCUT2D eigenvalue weighted by molar-refractivity contribution is 0.864. The molecule has 0 aromatic heterocycles. The van der Waals surface area contributed by atoms with Gasteiger partial charge in [-0.3, -0.25) is 0 Å². The Labute approximate surface area is 129 Å². The zero-order chi connectivity index (χ0) is 14.8. The molecule has 3 nitrogen and oxygen atoms in total. The Morgan fingerprint density at radius 1 is 1.29 bits per heavy atom. The summed E-state index contributed by atoms with van der Waals surface area (Å²) < 4.78 is 0. The molecule has 0 fully saturated rings. The smallest absolute Gasteiger partial charge is 0.130 e. The lowest BCUT2D eigenvalue weighted by atomic mass is 10.0. The number of nitroso groups, excluding NO2 is 1. The van der Waals surface area contributed by atoms with Crippen molar-refractivity contribution in [3.8, 4) is 0 Å². The minimum atomic E-state index is -0.336. The molecule has 3 rings (SSSR count). The first kappa shape index (κ1) is 14.1. The summed E-state index contributed by atoms with van der Waals surface area (Å²) >= 11 is 1.73. The van der Waals surface area contributed by atoms with E-state index in [1.165, 1.54) is 21.7 Å². The molecule has 1 heterocycles. The van der Waals surface area contributed by atoms with Gasteiger partial charge in [0, 0.05) is 28.6 Å². The zero-order valence-electron chi connectivity index (χ0n) is 12.2. The number of hydrogen-bond donors (Lipinski definition) is 0. The zero-order valence-corrected chi connectivity index (χ0v) is 13.1. The Kier molecular flexibility index (Phi) is 3.97. The fraction of sp³-hybridized carbons (Fsp3) is 0.294. The molecule has 1 aliphatic carbocycles. The van der Waals surface area contributed by atoms with E-state index in [1.54, 1.807) is 11.8 Å². The number of thioether (sulfide) groups is 1. The standard InChI is InChI=1S/C17H18N2OS/c1-3-19(4-2)15-8-6-13-9-12-5-7-14(18-20)10-16(12)21-17(13)11-15/h5-11,14H,3-4H2,1-2H3. The number of fused-ring (bicyclic) bond motifs is 2. The number of hydrogen-bond acceptors (Lipinski definition) is 4. The fourth-order valence-electron chi connectivity index (χ4n) is 2.67. The van der Waals surface area contributed by atoms with Crippen LogP contribution in [0.3, 0.4) is 0 Å². The summed E-state index contributed by atoms with van der Waals surface area (Å²) in [5, 5.41) is 3.10. The van der Waals surface area contributed by atoms with E-state index < -0.39 is 0 Å². The Hall–Kier alpha value is -1.81. The van der Waals surface area contributed by atoms with Gasteiger partial charge in [0.15, 0.2) is 0 Å². The first-order valence-electron chi connectivity index (χ1n) is 7.26. The Morgan fingerprint density at radius 2 is 2.10 bits per heavy atom. The van der Waals surface area contributed by atoms with Crippen LogP contribution in [-0.2, 0) is 0 Å². The molecule has 1 aromatic rings. The van der Waals surface area contributed by atoms with Gasteiger partial charge in [0.05, 0.1) is 0 Å². The molecule has 21 heavy (non-hydrogen) atoms. The van der Waals surface area contributed by atoms with Gasteiger partial charge >= 0.3 is 0 Å². The lowest BCUT2D eigenvalue weighted by Crippen LogP contribution is -2.21. The minimum absolute atomic E-state index is 0.336. The summed E-state index contributed by atoms with van der Waals surface area (Å²) in [6.45, 7) is 6.35. The molecule has 0 N–H and O–H groups in total. The van der Waals surface area contributed by atoms with Crippen molar-refractivity contribution >= 4 is 23.5 Å². The van der Waals surface area contributed by atoms with Crippen molar-refractivity contribution in [3.05, 3.63) is 57.4 Å². The van der Waals surface area contributed by atoms with Crippen molar-refractivity contribution < 1.29 is 0 Å². The van der Waals surface area contributed by atoms with Crippen molar-refractivity contribution in [3.63, 3.8) is 0 Å². The maximum atomic E-state index is 10.7. The molecule has 1 atom stereocenters. The topological polar surface area (TPSA) is 32.7 Å². The average molecular weight is 298 g/mol. The summed E-state index contributed by atoms with van der Waals surface area (Å²) in [5.41, 5.74) is 3.66. The molecule has 0 bridgehead atoms. The number of benzene rings is 1. The van der Waals surface area contributed by atoms with Crippen molar-refractivity contribution in [2.45, 2.75) is 24.8 Å². The van der Waals surface area contributed by atoms with Crippen LogP contribution in [0, 0.1) is 4.91 Å². The summed E-state index contributed by atoms with van der Waals surface area (Å²) in [5.74, 6) is 0. The van der Waals surface area contributed by atoms with Crippen molar-refractivity contribution in [2.75, 3.05) is 18.0 Å². The van der Waals surface area contributed by atoms with Crippen LogP contribution < -0.4 is 4.90 Å². The third-order valence-electron chi connectivity index (χ3n) is 3.86. The molecule has 1 unspecified atom stereocenters. The second-order valence-corrected chi connectivity index (χ2v) is 6.17. The number of rotatable bonds is 4. The van der Waals surface area contributed by atoms with Crippen LogP contribution in [0.25, 0.3) is 6.08 Å². The molecule has 108 valence electrons. The van der Waals surface area contributed by atoms with Crippen molar-refractivity contribution in [1.29, 1.82) is 0 Å². The molecular weight excluding hydrogens is 280 g/mol. The van der Waals surface area contributed by atoms with Gasteiger partial charge in [-0.15, -0.1) is 4.91 Å². The van der Waals surface area contributed by atoms with E-state index in [4.69, 9.17) is 0 Å². The van der Waals surface area contributed by atoms with E-state index in [1.807, 2.05) is 18.2 Å². The monoisotopic (exact) mass is 298 g/mol. The summed E-state index contributed by atoms with van der Waals surface area (Å²) in [4.78, 5) is 15.4. The molecule has 0 saturated carbocycles. The molecular formula is C17H18N2OS. The van der Waals surface area contributed by atoms with Gasteiger partial charge < -0.3 is 4.90 Å². The largest absolute Gasteiger partial charge is 0.372 e. The number of allylic oxidation sites excluding steroid dienone is 2. The van der Waals surface area contributed by atoms with Crippen LogP contribution in [0.5, 0.6) is 0 Å². The number of anilines is 1. The normalized spacial score (nSPS) is 19.2. The second-order valence-electron chi connectivity index (χ2n) is 5.08. The molecule has 1 aromatic carbocycles. The maximum Gasteiger partial charge on any atom is 0.130 e. The highest BCUT2D eigenvalue weighted by atomic mass is 32.2. The van der Waals surface area contributed by atoms with E-state index in [2.05, 4.69) is 48.2 Å². The second kappa shape index (κ2) is 5.90. The fourth-order valence-corrected chi connectivity index (χ4v) is 3.78. The number of nitrogens with zero attached hydrogens (tertiary/aromatic N) is 2. The quantitative estimate of drug-likeness (QED) is 0.761. The van der Waals surface area contributed by atoms with E-state index >= 15 is 0 Å². The average Bonchev–Trinajstić information content (AvgIpc) is 2.53. The van der Waals surface area contributed by atoms with E-state index in [0.29, 0.717) is 0 Å². The van der Waals surface area contributed by atoms with E-state index in [-0.39, 0.29) is 6.04 Å². The maximum absolute atomic E-state index is 10.7. The van der Waals surface area contributed by atoms with Gasteiger partial charge in [-0.25, -0.2) is 0 Å². The highest BCUT2D eigenvalue weighted by Gasteiger charge is 2.20. The Bertz CT molecular complexity index is 657. The van der Waals surface area contributed by atoms with Crippen LogP contribution >= 0.6 is 11.8 Å². The van der Waals surface area contributed by atoms with Crippen LogP contribution in [0.4, 0.5) is 5.69 Å².